The lowest BCUT2D eigenvalue weighted by molar-refractivity contribution is 0.0663. The SMILES string of the molecule is CC1=NC(C(N)N2CCN(C(=O)c3ccc(F)c(Cl)c3)C(C)C2=N)SN1. The summed E-state index contributed by atoms with van der Waals surface area (Å²) in [6.45, 7) is 4.46. The Morgan fingerprint density at radius 3 is 2.88 bits per heavy atom. The highest BCUT2D eigenvalue weighted by Gasteiger charge is 2.37. The molecular formula is C16H20ClFN6OS. The molecule has 1 aromatic rings. The van der Waals surface area contributed by atoms with Crippen molar-refractivity contribution in [2.45, 2.75) is 31.4 Å². The average Bonchev–Trinajstić information content (AvgIpc) is 3.05. The van der Waals surface area contributed by atoms with Crippen molar-refractivity contribution in [3.63, 3.8) is 0 Å². The smallest absolute Gasteiger partial charge is 0.254 e. The first-order valence-corrected chi connectivity index (χ1v) is 9.38. The first-order chi connectivity index (χ1) is 12.3. The maximum absolute atomic E-state index is 13.3. The molecule has 1 fully saturated rings. The molecule has 0 bridgehead atoms. The van der Waals surface area contributed by atoms with Crippen LogP contribution in [0.5, 0.6) is 0 Å². The Hall–Kier alpha value is -1.84. The van der Waals surface area contributed by atoms with Crippen LogP contribution in [0.2, 0.25) is 5.02 Å². The normalized spacial score (nSPS) is 24.3. The number of amides is 1. The van der Waals surface area contributed by atoms with E-state index in [4.69, 9.17) is 22.7 Å². The number of carbonyl (C=O) groups is 1. The van der Waals surface area contributed by atoms with Gasteiger partial charge in [0.2, 0.25) is 0 Å². The fourth-order valence-electron chi connectivity index (χ4n) is 2.99. The second kappa shape index (κ2) is 7.42. The first kappa shape index (κ1) is 18.9. The Balaban J connectivity index is 1.73. The van der Waals surface area contributed by atoms with E-state index in [1.54, 1.807) is 16.7 Å². The topological polar surface area (TPSA) is 97.8 Å². The number of nitrogens with zero attached hydrogens (tertiary/aromatic N) is 3. The lowest BCUT2D eigenvalue weighted by Gasteiger charge is -2.44. The fourth-order valence-corrected chi connectivity index (χ4v) is 4.01. The zero-order valence-electron chi connectivity index (χ0n) is 14.4. The van der Waals surface area contributed by atoms with Gasteiger partial charge in [-0.05, 0) is 44.0 Å². The maximum atomic E-state index is 13.3. The number of rotatable bonds is 3. The van der Waals surface area contributed by atoms with Gasteiger partial charge < -0.3 is 20.3 Å². The number of aliphatic imine (C=N–C) groups is 1. The van der Waals surface area contributed by atoms with Gasteiger partial charge in [0.15, 0.2) is 0 Å². The molecule has 2 aliphatic rings. The van der Waals surface area contributed by atoms with Gasteiger partial charge >= 0.3 is 0 Å². The predicted octanol–water partition coefficient (Wildman–Crippen LogP) is 1.88. The van der Waals surface area contributed by atoms with Gasteiger partial charge in [0, 0.05) is 18.7 Å². The molecule has 1 saturated heterocycles. The van der Waals surface area contributed by atoms with Gasteiger partial charge in [-0.15, -0.1) is 0 Å². The molecule has 7 nitrogen and oxygen atoms in total. The Morgan fingerprint density at radius 1 is 1.54 bits per heavy atom. The molecular weight excluding hydrogens is 379 g/mol. The lowest BCUT2D eigenvalue weighted by atomic mass is 10.1. The number of hydrogen-bond acceptors (Lipinski definition) is 6. The van der Waals surface area contributed by atoms with E-state index in [1.165, 1.54) is 30.1 Å². The summed E-state index contributed by atoms with van der Waals surface area (Å²) < 4.78 is 16.4. The maximum Gasteiger partial charge on any atom is 0.254 e. The van der Waals surface area contributed by atoms with Crippen LogP contribution >= 0.6 is 23.5 Å². The Labute approximate surface area is 160 Å². The van der Waals surface area contributed by atoms with Gasteiger partial charge in [-0.25, -0.2) is 4.39 Å². The quantitative estimate of drug-likeness (QED) is 0.675. The second-order valence-electron chi connectivity index (χ2n) is 6.20. The number of benzene rings is 1. The highest BCUT2D eigenvalue weighted by atomic mass is 35.5. The molecule has 0 radical (unpaired) electrons. The molecule has 0 saturated carbocycles. The van der Waals surface area contributed by atoms with Gasteiger partial charge in [0.25, 0.3) is 5.91 Å². The Kier molecular flexibility index (Phi) is 5.40. The summed E-state index contributed by atoms with van der Waals surface area (Å²) in [4.78, 5) is 20.5. The molecule has 3 rings (SSSR count). The summed E-state index contributed by atoms with van der Waals surface area (Å²) in [5, 5.41) is 8.14. The van der Waals surface area contributed by atoms with Crippen molar-refractivity contribution in [2.75, 3.05) is 13.1 Å². The zero-order chi connectivity index (χ0) is 19.0. The van der Waals surface area contributed by atoms with Crippen LogP contribution in [0.1, 0.15) is 24.2 Å². The molecule has 4 N–H and O–H groups in total. The highest BCUT2D eigenvalue weighted by molar-refractivity contribution is 7.98. The van der Waals surface area contributed by atoms with Crippen molar-refractivity contribution in [3.05, 3.63) is 34.6 Å². The molecule has 3 unspecified atom stereocenters. The summed E-state index contributed by atoms with van der Waals surface area (Å²) in [5.41, 5.74) is 6.59. The molecule has 0 aromatic heterocycles. The van der Waals surface area contributed by atoms with Crippen molar-refractivity contribution >= 4 is 41.1 Å². The molecule has 3 atom stereocenters. The molecule has 1 amide bonds. The van der Waals surface area contributed by atoms with E-state index in [0.717, 1.165) is 5.84 Å². The van der Waals surface area contributed by atoms with E-state index in [0.29, 0.717) is 18.7 Å². The monoisotopic (exact) mass is 398 g/mol. The van der Waals surface area contributed by atoms with Gasteiger partial charge in [0.05, 0.1) is 11.1 Å². The summed E-state index contributed by atoms with van der Waals surface area (Å²) >= 11 is 7.19. The Bertz CT molecular complexity index is 775. The molecule has 0 spiro atoms. The van der Waals surface area contributed by atoms with Crippen molar-refractivity contribution in [1.29, 1.82) is 5.41 Å². The van der Waals surface area contributed by atoms with E-state index in [9.17, 15) is 9.18 Å². The van der Waals surface area contributed by atoms with Crippen molar-refractivity contribution in [3.8, 4) is 0 Å². The van der Waals surface area contributed by atoms with E-state index in [-0.39, 0.29) is 22.1 Å². The zero-order valence-corrected chi connectivity index (χ0v) is 15.9. The third-order valence-electron chi connectivity index (χ3n) is 4.48. The predicted molar refractivity (Wildman–Crippen MR) is 102 cm³/mol. The van der Waals surface area contributed by atoms with Crippen LogP contribution in [0, 0.1) is 11.2 Å². The van der Waals surface area contributed by atoms with Crippen LogP contribution in [-0.2, 0) is 0 Å². The number of nitrogens with one attached hydrogen (secondary N) is 2. The van der Waals surface area contributed by atoms with Gasteiger partial charge in [-0.3, -0.25) is 15.2 Å². The fraction of sp³-hybridized carbons (Fsp3) is 0.438. The third-order valence-corrected chi connectivity index (χ3v) is 5.81. The highest BCUT2D eigenvalue weighted by Crippen LogP contribution is 2.24. The second-order valence-corrected chi connectivity index (χ2v) is 7.53. The molecule has 140 valence electrons. The molecule has 0 aliphatic carbocycles. The van der Waals surface area contributed by atoms with E-state index in [1.807, 2.05) is 6.92 Å². The van der Waals surface area contributed by atoms with Crippen molar-refractivity contribution < 1.29 is 9.18 Å². The van der Waals surface area contributed by atoms with Gasteiger partial charge in [-0.1, -0.05) is 11.6 Å². The van der Waals surface area contributed by atoms with E-state index >= 15 is 0 Å². The summed E-state index contributed by atoms with van der Waals surface area (Å²) in [7, 11) is 0. The largest absolute Gasteiger partial charge is 0.339 e. The number of piperazine rings is 1. The minimum atomic E-state index is -0.571. The van der Waals surface area contributed by atoms with E-state index in [2.05, 4.69) is 9.71 Å². The van der Waals surface area contributed by atoms with Crippen LogP contribution in [0.15, 0.2) is 23.2 Å². The number of halogens is 2. The van der Waals surface area contributed by atoms with Gasteiger partial charge in [0.1, 0.15) is 29.0 Å². The van der Waals surface area contributed by atoms with Crippen LogP contribution in [0.25, 0.3) is 0 Å². The van der Waals surface area contributed by atoms with Crippen LogP contribution in [-0.4, -0.2) is 58.0 Å². The standard InChI is InChI=1S/C16H20ClFN6OS/c1-8-13(19)24(14(20)15-21-9(2)22-26-15)6-5-23(8)16(25)10-3-4-12(18)11(17)7-10/h3-4,7-8,14-15,19H,5-6,20H2,1-2H3,(H,21,22). The van der Waals surface area contributed by atoms with Crippen LogP contribution in [0.4, 0.5) is 4.39 Å². The minimum absolute atomic E-state index is 0.0989. The summed E-state index contributed by atoms with van der Waals surface area (Å²) in [5.74, 6) is 0.198. The molecule has 1 aromatic carbocycles. The Morgan fingerprint density at radius 2 is 2.27 bits per heavy atom. The van der Waals surface area contributed by atoms with E-state index < -0.39 is 18.0 Å². The number of carbonyl (C=O) groups excluding carboxylic acids is 1. The molecule has 2 heterocycles. The lowest BCUT2D eigenvalue weighted by Crippen LogP contribution is -2.63. The van der Waals surface area contributed by atoms with Crippen molar-refractivity contribution in [2.24, 2.45) is 10.7 Å². The van der Waals surface area contributed by atoms with Gasteiger partial charge in [-0.2, -0.15) is 0 Å². The molecule has 10 heteroatoms. The number of amidine groups is 2. The number of hydrogen-bond donors (Lipinski definition) is 3. The minimum Gasteiger partial charge on any atom is -0.339 e. The average molecular weight is 399 g/mol. The van der Waals surface area contributed by atoms with Crippen LogP contribution < -0.4 is 10.5 Å². The van der Waals surface area contributed by atoms with Crippen LogP contribution in [0.3, 0.4) is 0 Å². The van der Waals surface area contributed by atoms with Crippen molar-refractivity contribution in [1.82, 2.24) is 14.5 Å². The first-order valence-electron chi connectivity index (χ1n) is 8.12. The summed E-state index contributed by atoms with van der Waals surface area (Å²) in [6.07, 6.45) is -0.461. The molecule has 26 heavy (non-hydrogen) atoms. The summed E-state index contributed by atoms with van der Waals surface area (Å²) in [6, 6.07) is 3.42. The number of nitrogens with two attached hydrogens (primary N) is 1. The molecule has 2 aliphatic heterocycles. The third kappa shape index (κ3) is 3.51.